The molecule has 5 saturated heterocycles. The van der Waals surface area contributed by atoms with Crippen molar-refractivity contribution in [1.29, 1.82) is 0 Å². The van der Waals surface area contributed by atoms with Crippen molar-refractivity contribution in [2.45, 2.75) is 75.9 Å². The molecule has 11 rings (SSSR count). The largest absolute Gasteiger partial charge is 0.496 e. The summed E-state index contributed by atoms with van der Waals surface area (Å²) in [6, 6.07) is 15.3. The van der Waals surface area contributed by atoms with Crippen molar-refractivity contribution >= 4 is 21.8 Å². The molecule has 5 fully saturated rings. The van der Waals surface area contributed by atoms with Gasteiger partial charge in [0.2, 0.25) is 0 Å². The SMILES string of the molecule is C/C=C1/CN2[C@H]3C[C@@H]1[C@@H](CO)[C@@H]2Cc1c3n(C)c2cc(C[C@@H]3[C@@H]4C[C@H]5c6c(c7ccccc7n6C)C[C@@H]([C@@H]4CO[C@]3(C)OC)N5C)c(OC)cc12. The van der Waals surface area contributed by atoms with Gasteiger partial charge in [-0.15, -0.1) is 0 Å². The topological polar surface area (TPSA) is 64.3 Å². The van der Waals surface area contributed by atoms with Gasteiger partial charge in [0.25, 0.3) is 0 Å². The van der Waals surface area contributed by atoms with E-state index in [4.69, 9.17) is 14.2 Å². The van der Waals surface area contributed by atoms with Gasteiger partial charge >= 0.3 is 0 Å². The maximum atomic E-state index is 10.6. The highest BCUT2D eigenvalue weighted by Crippen LogP contribution is 2.57. The first-order chi connectivity index (χ1) is 24.7. The van der Waals surface area contributed by atoms with E-state index >= 15 is 0 Å². The van der Waals surface area contributed by atoms with Crippen LogP contribution in [0, 0.1) is 29.6 Å². The van der Waals surface area contributed by atoms with Gasteiger partial charge in [0.1, 0.15) is 5.75 Å². The summed E-state index contributed by atoms with van der Waals surface area (Å²) < 4.78 is 24.4. The number of rotatable bonds is 5. The lowest BCUT2D eigenvalue weighted by molar-refractivity contribution is -0.301. The minimum absolute atomic E-state index is 0.169. The van der Waals surface area contributed by atoms with Crippen molar-refractivity contribution in [3.63, 3.8) is 0 Å². The Bertz CT molecular complexity index is 2100. The molecule has 7 aliphatic rings. The second-order valence-corrected chi connectivity index (χ2v) is 16.9. The zero-order valence-corrected chi connectivity index (χ0v) is 31.4. The molecule has 6 bridgehead atoms. The van der Waals surface area contributed by atoms with Gasteiger partial charge in [0.05, 0.1) is 25.8 Å². The number of aromatic nitrogens is 2. The molecule has 2 aromatic heterocycles. The normalized spacial score (nSPS) is 37.5. The van der Waals surface area contributed by atoms with Gasteiger partial charge < -0.3 is 28.5 Å². The Morgan fingerprint density at radius 3 is 2.43 bits per heavy atom. The van der Waals surface area contributed by atoms with Crippen LogP contribution in [0.15, 0.2) is 48.0 Å². The molecule has 51 heavy (non-hydrogen) atoms. The average molecular weight is 691 g/mol. The van der Waals surface area contributed by atoms with E-state index in [0.717, 1.165) is 51.0 Å². The minimum atomic E-state index is -0.687. The van der Waals surface area contributed by atoms with E-state index in [1.807, 2.05) is 14.2 Å². The predicted octanol–water partition coefficient (Wildman–Crippen LogP) is 6.32. The number of benzene rings is 2. The molecule has 0 amide bonds. The van der Waals surface area contributed by atoms with Crippen LogP contribution in [0.3, 0.4) is 0 Å². The molecule has 1 N–H and O–H groups in total. The van der Waals surface area contributed by atoms with Crippen molar-refractivity contribution < 1.29 is 19.3 Å². The van der Waals surface area contributed by atoms with Crippen LogP contribution >= 0.6 is 0 Å². The van der Waals surface area contributed by atoms with Crippen molar-refractivity contribution in [2.75, 3.05) is 41.0 Å². The molecule has 270 valence electrons. The summed E-state index contributed by atoms with van der Waals surface area (Å²) in [5.74, 6) is 2.09. The Labute approximate surface area is 301 Å². The van der Waals surface area contributed by atoms with Crippen LogP contribution < -0.4 is 4.74 Å². The second kappa shape index (κ2) is 11.4. The van der Waals surface area contributed by atoms with Crippen molar-refractivity contribution in [3.05, 3.63) is 76.1 Å². The van der Waals surface area contributed by atoms with E-state index in [1.165, 1.54) is 55.5 Å². The number of ether oxygens (including phenoxy) is 3. The molecule has 11 atom stereocenters. The summed E-state index contributed by atoms with van der Waals surface area (Å²) in [5.41, 5.74) is 11.3. The number of aliphatic hydroxyl groups excluding tert-OH is 1. The highest BCUT2D eigenvalue weighted by Gasteiger charge is 2.57. The summed E-state index contributed by atoms with van der Waals surface area (Å²) in [5, 5.41) is 13.3. The molecular weight excluding hydrogens is 636 g/mol. The average Bonchev–Trinajstić information content (AvgIpc) is 3.58. The quantitative estimate of drug-likeness (QED) is 0.248. The zero-order chi connectivity index (χ0) is 35.1. The van der Waals surface area contributed by atoms with Crippen LogP contribution in [0.5, 0.6) is 5.75 Å². The fraction of sp³-hybridized carbons (Fsp3) is 0.581. The van der Waals surface area contributed by atoms with Gasteiger partial charge in [-0.2, -0.15) is 0 Å². The van der Waals surface area contributed by atoms with E-state index in [0.29, 0.717) is 47.8 Å². The van der Waals surface area contributed by atoms with Crippen LogP contribution in [0.25, 0.3) is 21.8 Å². The van der Waals surface area contributed by atoms with Crippen molar-refractivity contribution in [3.8, 4) is 5.75 Å². The Morgan fingerprint density at radius 1 is 0.922 bits per heavy atom. The second-order valence-electron chi connectivity index (χ2n) is 16.9. The first kappa shape index (κ1) is 32.5. The first-order valence-corrected chi connectivity index (χ1v) is 19.4. The van der Waals surface area contributed by atoms with Crippen molar-refractivity contribution in [2.24, 2.45) is 43.7 Å². The van der Waals surface area contributed by atoms with Gasteiger partial charge in [0.15, 0.2) is 5.79 Å². The standard InChI is InChI=1S/C43H54N4O4/c1-8-23-20-47-37-18-30-28-19-40(49-6)24(14-35(28)46(5)42(30)39(47)15-26(23)31(37)21-48)13-33-27-16-38-41-29(25-11-9-10-12-34(25)45(41)4)17-36(44(38)3)32(27)22-51-43(33,2)50-7/h8-12,14,19,26-27,31-33,36-39,48H,13,15-18,20-22H2,1-7H3/b23-8-/t26-,27+,31+,32+,33+,36-,37-,38-,39-,43-/m0/s1. The van der Waals surface area contributed by atoms with Crippen LogP contribution in [-0.4, -0.2) is 82.9 Å². The third-order valence-electron chi connectivity index (χ3n) is 15.4. The molecule has 0 aliphatic carbocycles. The number of aryl methyl sites for hydroxylation is 2. The summed E-state index contributed by atoms with van der Waals surface area (Å²) in [4.78, 5) is 5.37. The number of piperidine rings is 4. The highest BCUT2D eigenvalue weighted by atomic mass is 16.7. The molecule has 8 nitrogen and oxygen atoms in total. The van der Waals surface area contributed by atoms with Crippen LogP contribution in [0.2, 0.25) is 0 Å². The first-order valence-electron chi connectivity index (χ1n) is 19.4. The molecule has 1 unspecified atom stereocenters. The molecular formula is C43H54N4O4. The molecule has 4 aromatic rings. The van der Waals surface area contributed by atoms with Crippen molar-refractivity contribution in [1.82, 2.24) is 18.9 Å². The summed E-state index contributed by atoms with van der Waals surface area (Å²) in [7, 11) is 10.5. The Balaban J connectivity index is 1.05. The summed E-state index contributed by atoms with van der Waals surface area (Å²) >= 11 is 0. The highest BCUT2D eigenvalue weighted by molar-refractivity contribution is 5.89. The number of likely N-dealkylation sites (N-methyl/N-ethyl adjacent to an activating group) is 1. The lowest BCUT2D eigenvalue weighted by Gasteiger charge is -2.58. The Hall–Kier alpha value is -3.14. The smallest absolute Gasteiger partial charge is 0.168 e. The lowest BCUT2D eigenvalue weighted by Crippen LogP contribution is -2.62. The number of aliphatic hydroxyl groups is 1. The molecule has 7 aliphatic heterocycles. The fourth-order valence-electron chi connectivity index (χ4n) is 12.8. The van der Waals surface area contributed by atoms with Gasteiger partial charge in [0, 0.05) is 97.4 Å². The number of hydrogen-bond acceptors (Lipinski definition) is 6. The van der Waals surface area contributed by atoms with E-state index in [1.54, 1.807) is 0 Å². The number of para-hydroxylation sites is 1. The maximum absolute atomic E-state index is 10.6. The lowest BCUT2D eigenvalue weighted by atomic mass is 9.62. The summed E-state index contributed by atoms with van der Waals surface area (Å²) in [6.45, 7) is 6.35. The van der Waals surface area contributed by atoms with Gasteiger partial charge in [-0.3, -0.25) is 9.80 Å². The van der Waals surface area contributed by atoms with E-state index in [-0.39, 0.29) is 12.5 Å². The van der Waals surface area contributed by atoms with Gasteiger partial charge in [-0.05, 0) is 99.7 Å². The van der Waals surface area contributed by atoms with Gasteiger partial charge in [-0.25, -0.2) is 0 Å². The zero-order valence-electron chi connectivity index (χ0n) is 31.4. The number of hydrogen-bond donors (Lipinski definition) is 1. The van der Waals surface area contributed by atoms with Crippen LogP contribution in [-0.2, 0) is 42.8 Å². The molecule has 0 spiro atoms. The maximum Gasteiger partial charge on any atom is 0.168 e. The predicted molar refractivity (Wildman–Crippen MR) is 200 cm³/mol. The van der Waals surface area contributed by atoms with E-state index in [2.05, 4.69) is 96.4 Å². The number of nitrogens with zero attached hydrogens (tertiary/aromatic N) is 4. The minimum Gasteiger partial charge on any atom is -0.496 e. The third kappa shape index (κ3) is 4.26. The molecule has 8 heteroatoms. The fourth-order valence-corrected chi connectivity index (χ4v) is 12.8. The van der Waals surface area contributed by atoms with Crippen LogP contribution in [0.1, 0.15) is 66.9 Å². The van der Waals surface area contributed by atoms with Crippen LogP contribution in [0.4, 0.5) is 0 Å². The third-order valence-corrected chi connectivity index (χ3v) is 15.4. The molecule has 0 radical (unpaired) electrons. The number of methoxy groups -OCH3 is 2. The van der Waals surface area contributed by atoms with E-state index < -0.39 is 5.79 Å². The monoisotopic (exact) mass is 690 g/mol. The molecule has 2 aromatic carbocycles. The molecule has 0 saturated carbocycles. The van der Waals surface area contributed by atoms with Gasteiger partial charge in [-0.1, -0.05) is 29.8 Å². The molecule has 9 heterocycles. The Morgan fingerprint density at radius 2 is 1.67 bits per heavy atom. The van der Waals surface area contributed by atoms with E-state index in [9.17, 15) is 5.11 Å². The number of fused-ring (bicyclic) bond motifs is 12. The summed E-state index contributed by atoms with van der Waals surface area (Å²) in [6.07, 6.45) is 7.36. The Kier molecular flexibility index (Phi) is 7.28. The number of allylic oxidation sites excluding steroid dienone is 1.